The van der Waals surface area contributed by atoms with E-state index in [4.69, 9.17) is 5.73 Å². The highest BCUT2D eigenvalue weighted by Gasteiger charge is 2.35. The van der Waals surface area contributed by atoms with Crippen LogP contribution in [-0.4, -0.2) is 46.8 Å². The molecule has 0 bridgehead atoms. The zero-order valence-corrected chi connectivity index (χ0v) is 16.1. The Bertz CT molecular complexity index is 681. The Kier molecular flexibility index (Phi) is 7.29. The summed E-state index contributed by atoms with van der Waals surface area (Å²) in [6, 6.07) is 9.56. The van der Waals surface area contributed by atoms with E-state index in [2.05, 4.69) is 10.00 Å². The van der Waals surface area contributed by atoms with Crippen molar-refractivity contribution < 1.29 is 4.79 Å². The van der Waals surface area contributed by atoms with Crippen molar-refractivity contribution >= 4 is 36.4 Å². The number of hydrogen-bond acceptors (Lipinski definition) is 4. The van der Waals surface area contributed by atoms with Gasteiger partial charge in [-0.1, -0.05) is 30.3 Å². The average molecular weight is 386 g/mol. The highest BCUT2D eigenvalue weighted by atomic mass is 35.5. The Balaban J connectivity index is 0.00000156. The van der Waals surface area contributed by atoms with Gasteiger partial charge in [0.25, 0.3) is 0 Å². The number of halogens is 2. The first kappa shape index (κ1) is 21.3. The van der Waals surface area contributed by atoms with E-state index in [9.17, 15) is 4.79 Å². The molecule has 1 unspecified atom stereocenters. The molecule has 0 saturated carbocycles. The van der Waals surface area contributed by atoms with Gasteiger partial charge in [0.15, 0.2) is 0 Å². The van der Waals surface area contributed by atoms with Crippen molar-refractivity contribution in [2.75, 3.05) is 31.1 Å². The van der Waals surface area contributed by atoms with Gasteiger partial charge < -0.3 is 15.5 Å². The molecule has 1 aromatic carbocycles. The molecule has 1 saturated heterocycles. The molecule has 1 aliphatic heterocycles. The van der Waals surface area contributed by atoms with E-state index in [1.807, 2.05) is 54.7 Å². The summed E-state index contributed by atoms with van der Waals surface area (Å²) in [6.45, 7) is 4.73. The maximum Gasteiger partial charge on any atom is 0.247 e. The van der Waals surface area contributed by atoms with E-state index in [1.54, 1.807) is 11.6 Å². The summed E-state index contributed by atoms with van der Waals surface area (Å²) in [6.07, 6.45) is 3.85. The number of anilines is 1. The first-order valence-electron chi connectivity index (χ1n) is 7.86. The normalized spacial score (nSPS) is 16.4. The van der Waals surface area contributed by atoms with Crippen molar-refractivity contribution in [3.63, 3.8) is 0 Å². The minimum absolute atomic E-state index is 0. The molecule has 1 amide bonds. The SMILES string of the molecule is Cl.Cl.Cn1cc(N2CCN(C(=O)C(C)(N)c3ccccc3)CC2)cn1. The third-order valence-corrected chi connectivity index (χ3v) is 4.44. The van der Waals surface area contributed by atoms with Crippen molar-refractivity contribution in [1.82, 2.24) is 14.7 Å². The number of aryl methyl sites for hydroxylation is 1. The molecule has 8 heteroatoms. The molecule has 0 aliphatic carbocycles. The fraction of sp³-hybridized carbons (Fsp3) is 0.412. The van der Waals surface area contributed by atoms with Crippen molar-refractivity contribution in [2.24, 2.45) is 12.8 Å². The Hall–Kier alpha value is -1.76. The van der Waals surface area contributed by atoms with Crippen LogP contribution >= 0.6 is 24.8 Å². The van der Waals surface area contributed by atoms with Gasteiger partial charge in [-0.3, -0.25) is 9.48 Å². The lowest BCUT2D eigenvalue weighted by Crippen LogP contribution is -2.56. The summed E-state index contributed by atoms with van der Waals surface area (Å²) in [7, 11) is 1.91. The van der Waals surface area contributed by atoms with Crippen LogP contribution in [0.25, 0.3) is 0 Å². The number of aromatic nitrogens is 2. The van der Waals surface area contributed by atoms with Crippen LogP contribution < -0.4 is 10.6 Å². The maximum atomic E-state index is 12.8. The Labute approximate surface area is 160 Å². The van der Waals surface area contributed by atoms with Crippen LogP contribution in [0.1, 0.15) is 12.5 Å². The average Bonchev–Trinajstić information content (AvgIpc) is 3.01. The number of rotatable bonds is 3. The molecule has 3 rings (SSSR count). The van der Waals surface area contributed by atoms with Crippen LogP contribution in [-0.2, 0) is 17.4 Å². The summed E-state index contributed by atoms with van der Waals surface area (Å²) < 4.78 is 1.79. The van der Waals surface area contributed by atoms with Gasteiger partial charge in [-0.05, 0) is 12.5 Å². The predicted octanol–water partition coefficient (Wildman–Crippen LogP) is 1.79. The lowest BCUT2D eigenvalue weighted by atomic mass is 9.91. The molecule has 2 heterocycles. The van der Waals surface area contributed by atoms with E-state index in [-0.39, 0.29) is 30.7 Å². The topological polar surface area (TPSA) is 67.4 Å². The number of benzene rings is 1. The van der Waals surface area contributed by atoms with Gasteiger partial charge in [-0.2, -0.15) is 5.10 Å². The van der Waals surface area contributed by atoms with Gasteiger partial charge in [0.2, 0.25) is 5.91 Å². The lowest BCUT2D eigenvalue weighted by Gasteiger charge is -2.39. The number of hydrogen-bond donors (Lipinski definition) is 1. The number of amides is 1. The Morgan fingerprint density at radius 2 is 1.72 bits per heavy atom. The minimum Gasteiger partial charge on any atom is -0.365 e. The molecular formula is C17H25Cl2N5O. The van der Waals surface area contributed by atoms with Crippen molar-refractivity contribution in [3.8, 4) is 0 Å². The second kappa shape index (κ2) is 8.56. The fourth-order valence-corrected chi connectivity index (χ4v) is 2.98. The zero-order valence-electron chi connectivity index (χ0n) is 14.5. The van der Waals surface area contributed by atoms with Crippen LogP contribution in [0.3, 0.4) is 0 Å². The predicted molar refractivity (Wildman–Crippen MR) is 104 cm³/mol. The first-order chi connectivity index (χ1) is 11.0. The van der Waals surface area contributed by atoms with Gasteiger partial charge in [0.05, 0.1) is 11.9 Å². The first-order valence-corrected chi connectivity index (χ1v) is 7.86. The van der Waals surface area contributed by atoms with Gasteiger partial charge in [0, 0.05) is 39.4 Å². The standard InChI is InChI=1S/C17H23N5O.2ClH/c1-17(18,14-6-4-3-5-7-14)16(23)22-10-8-21(9-11-22)15-12-19-20(2)13-15;;/h3-7,12-13H,8-11,18H2,1-2H3;2*1H. The van der Waals surface area contributed by atoms with Crippen LogP contribution in [0.2, 0.25) is 0 Å². The molecule has 2 aromatic rings. The Morgan fingerprint density at radius 1 is 1.12 bits per heavy atom. The molecule has 138 valence electrons. The minimum atomic E-state index is -0.988. The molecule has 0 radical (unpaired) electrons. The summed E-state index contributed by atoms with van der Waals surface area (Å²) in [4.78, 5) is 16.9. The van der Waals surface area contributed by atoms with E-state index in [0.29, 0.717) is 13.1 Å². The molecule has 1 fully saturated rings. The highest BCUT2D eigenvalue weighted by molar-refractivity contribution is 5.87. The van der Waals surface area contributed by atoms with Gasteiger partial charge in [0.1, 0.15) is 5.54 Å². The van der Waals surface area contributed by atoms with Gasteiger partial charge in [-0.15, -0.1) is 24.8 Å². The summed E-state index contributed by atoms with van der Waals surface area (Å²) in [5.74, 6) is -0.0189. The van der Waals surface area contributed by atoms with Crippen LogP contribution in [0.15, 0.2) is 42.7 Å². The van der Waals surface area contributed by atoms with E-state index in [1.165, 1.54) is 0 Å². The molecule has 0 spiro atoms. The second-order valence-corrected chi connectivity index (χ2v) is 6.22. The van der Waals surface area contributed by atoms with E-state index in [0.717, 1.165) is 24.3 Å². The van der Waals surface area contributed by atoms with Gasteiger partial charge >= 0.3 is 0 Å². The molecule has 1 atom stereocenters. The highest BCUT2D eigenvalue weighted by Crippen LogP contribution is 2.22. The fourth-order valence-electron chi connectivity index (χ4n) is 2.98. The van der Waals surface area contributed by atoms with Crippen LogP contribution in [0.4, 0.5) is 5.69 Å². The number of carbonyl (C=O) groups excluding carboxylic acids is 1. The third kappa shape index (κ3) is 4.45. The largest absolute Gasteiger partial charge is 0.365 e. The maximum absolute atomic E-state index is 12.8. The van der Waals surface area contributed by atoms with Crippen molar-refractivity contribution in [3.05, 3.63) is 48.3 Å². The smallest absolute Gasteiger partial charge is 0.247 e. The van der Waals surface area contributed by atoms with Gasteiger partial charge in [-0.25, -0.2) is 0 Å². The van der Waals surface area contributed by atoms with Crippen molar-refractivity contribution in [1.29, 1.82) is 0 Å². The third-order valence-electron chi connectivity index (χ3n) is 4.44. The summed E-state index contributed by atoms with van der Waals surface area (Å²) in [5.41, 5.74) is 7.30. The summed E-state index contributed by atoms with van der Waals surface area (Å²) >= 11 is 0. The van der Waals surface area contributed by atoms with Crippen LogP contribution in [0, 0.1) is 0 Å². The van der Waals surface area contributed by atoms with E-state index < -0.39 is 5.54 Å². The molecule has 25 heavy (non-hydrogen) atoms. The Morgan fingerprint density at radius 3 is 2.24 bits per heavy atom. The molecular weight excluding hydrogens is 361 g/mol. The number of piperazine rings is 1. The molecule has 1 aliphatic rings. The molecule has 2 N–H and O–H groups in total. The second-order valence-electron chi connectivity index (χ2n) is 6.22. The number of nitrogens with two attached hydrogens (primary N) is 1. The quantitative estimate of drug-likeness (QED) is 0.874. The van der Waals surface area contributed by atoms with Crippen molar-refractivity contribution in [2.45, 2.75) is 12.5 Å². The molecule has 6 nitrogen and oxygen atoms in total. The van der Waals surface area contributed by atoms with Crippen LogP contribution in [0.5, 0.6) is 0 Å². The zero-order chi connectivity index (χ0) is 16.4. The molecule has 1 aromatic heterocycles. The monoisotopic (exact) mass is 385 g/mol. The van der Waals surface area contributed by atoms with E-state index >= 15 is 0 Å². The lowest BCUT2D eigenvalue weighted by molar-refractivity contribution is -0.137. The number of carbonyl (C=O) groups is 1. The summed E-state index contributed by atoms with van der Waals surface area (Å²) in [5, 5.41) is 4.20. The number of nitrogens with zero attached hydrogens (tertiary/aromatic N) is 4.